The van der Waals surface area contributed by atoms with Crippen LogP contribution in [0, 0.1) is 0 Å². The number of carbonyl (C=O) groups is 3. The fourth-order valence-corrected chi connectivity index (χ4v) is 2.96. The number of hydrogen-bond donors (Lipinski definition) is 1. The van der Waals surface area contributed by atoms with Crippen molar-refractivity contribution in [2.45, 2.75) is 6.92 Å². The van der Waals surface area contributed by atoms with Crippen LogP contribution in [0.25, 0.3) is 10.9 Å². The number of ether oxygens (including phenoxy) is 2. The van der Waals surface area contributed by atoms with Crippen molar-refractivity contribution in [1.29, 1.82) is 0 Å². The van der Waals surface area contributed by atoms with Crippen molar-refractivity contribution in [3.05, 3.63) is 46.2 Å². The van der Waals surface area contributed by atoms with Gasteiger partial charge in [0.2, 0.25) is 0 Å². The molecule has 1 aromatic carbocycles. The van der Waals surface area contributed by atoms with Crippen LogP contribution in [0.5, 0.6) is 0 Å². The molecule has 3 rings (SSSR count). The number of fused-ring (bicyclic) bond motifs is 1. The zero-order chi connectivity index (χ0) is 20.1. The minimum atomic E-state index is -0.777. The number of hydrogen-bond acceptors (Lipinski definition) is 6. The van der Waals surface area contributed by atoms with Crippen LogP contribution in [-0.4, -0.2) is 72.1 Å². The molecule has 0 radical (unpaired) electrons. The molecule has 0 atom stereocenters. The Morgan fingerprint density at radius 2 is 1.71 bits per heavy atom. The first-order chi connectivity index (χ1) is 13.5. The number of esters is 1. The van der Waals surface area contributed by atoms with E-state index in [0.29, 0.717) is 43.7 Å². The second-order valence-electron chi connectivity index (χ2n) is 6.24. The molecule has 1 aliphatic rings. The highest BCUT2D eigenvalue weighted by Gasteiger charge is 2.25. The van der Waals surface area contributed by atoms with Crippen LogP contribution in [0.4, 0.5) is 4.79 Å². The lowest BCUT2D eigenvalue weighted by molar-refractivity contribution is -0.136. The van der Waals surface area contributed by atoms with Gasteiger partial charge >= 0.3 is 12.1 Å². The number of piperazine rings is 1. The van der Waals surface area contributed by atoms with E-state index in [1.807, 2.05) is 0 Å². The molecule has 9 heteroatoms. The zero-order valence-corrected chi connectivity index (χ0v) is 15.5. The SMILES string of the molecule is CCOC(=O)N1CCN(C(=O)COC(=O)c2cc(=O)c3ccccc3[nH]2)CC1. The summed E-state index contributed by atoms with van der Waals surface area (Å²) in [5, 5.41) is 0.467. The second-order valence-corrected chi connectivity index (χ2v) is 6.24. The fourth-order valence-electron chi connectivity index (χ4n) is 2.96. The lowest BCUT2D eigenvalue weighted by atomic mass is 10.2. The molecule has 148 valence electrons. The summed E-state index contributed by atoms with van der Waals surface area (Å²) in [6.45, 7) is 2.98. The van der Waals surface area contributed by atoms with Crippen molar-refractivity contribution in [2.75, 3.05) is 39.4 Å². The quantitative estimate of drug-likeness (QED) is 0.784. The Labute approximate surface area is 160 Å². The Bertz CT molecular complexity index is 946. The fraction of sp³-hybridized carbons (Fsp3) is 0.368. The van der Waals surface area contributed by atoms with Gasteiger partial charge in [-0.15, -0.1) is 0 Å². The smallest absolute Gasteiger partial charge is 0.409 e. The number of nitrogens with zero attached hydrogens (tertiary/aromatic N) is 2. The molecule has 2 amide bonds. The Hall–Kier alpha value is -3.36. The molecule has 1 aromatic heterocycles. The Morgan fingerprint density at radius 3 is 2.43 bits per heavy atom. The maximum atomic E-state index is 12.3. The third kappa shape index (κ3) is 4.30. The molecule has 1 fully saturated rings. The molecule has 1 aliphatic heterocycles. The van der Waals surface area contributed by atoms with Crippen LogP contribution in [0.1, 0.15) is 17.4 Å². The maximum Gasteiger partial charge on any atom is 0.409 e. The number of nitrogens with one attached hydrogen (secondary N) is 1. The van der Waals surface area contributed by atoms with Gasteiger partial charge in [0.25, 0.3) is 5.91 Å². The average Bonchev–Trinajstić information content (AvgIpc) is 2.72. The third-order valence-corrected chi connectivity index (χ3v) is 4.44. The second kappa shape index (κ2) is 8.55. The van der Waals surface area contributed by atoms with Gasteiger partial charge in [-0.05, 0) is 19.1 Å². The molecule has 9 nitrogen and oxygen atoms in total. The summed E-state index contributed by atoms with van der Waals surface area (Å²) in [5.74, 6) is -1.14. The monoisotopic (exact) mass is 387 g/mol. The molecule has 0 spiro atoms. The molecular weight excluding hydrogens is 366 g/mol. The highest BCUT2D eigenvalue weighted by atomic mass is 16.6. The summed E-state index contributed by atoms with van der Waals surface area (Å²) in [7, 11) is 0. The summed E-state index contributed by atoms with van der Waals surface area (Å²) < 4.78 is 9.98. The molecule has 2 heterocycles. The summed E-state index contributed by atoms with van der Waals surface area (Å²) in [4.78, 5) is 54.1. The van der Waals surface area contributed by atoms with Crippen molar-refractivity contribution in [3.63, 3.8) is 0 Å². The largest absolute Gasteiger partial charge is 0.451 e. The molecule has 28 heavy (non-hydrogen) atoms. The number of aromatic nitrogens is 1. The van der Waals surface area contributed by atoms with Crippen molar-refractivity contribution in [2.24, 2.45) is 0 Å². The predicted molar refractivity (Wildman–Crippen MR) is 100 cm³/mol. The van der Waals surface area contributed by atoms with Crippen molar-refractivity contribution >= 4 is 28.9 Å². The minimum absolute atomic E-state index is 0.0105. The zero-order valence-electron chi connectivity index (χ0n) is 15.5. The number of amides is 2. The van der Waals surface area contributed by atoms with E-state index in [4.69, 9.17) is 9.47 Å². The van der Waals surface area contributed by atoms with Gasteiger partial charge in [-0.1, -0.05) is 12.1 Å². The topological polar surface area (TPSA) is 109 Å². The number of pyridine rings is 1. The van der Waals surface area contributed by atoms with E-state index in [-0.39, 0.29) is 17.0 Å². The number of carbonyl (C=O) groups excluding carboxylic acids is 3. The van der Waals surface area contributed by atoms with Crippen molar-refractivity contribution < 1.29 is 23.9 Å². The molecule has 2 aromatic rings. The minimum Gasteiger partial charge on any atom is -0.451 e. The summed E-state index contributed by atoms with van der Waals surface area (Å²) >= 11 is 0. The van der Waals surface area contributed by atoms with Gasteiger partial charge in [0.15, 0.2) is 12.0 Å². The van der Waals surface area contributed by atoms with Gasteiger partial charge in [-0.2, -0.15) is 0 Å². The van der Waals surface area contributed by atoms with Crippen molar-refractivity contribution in [3.8, 4) is 0 Å². The van der Waals surface area contributed by atoms with Gasteiger partial charge < -0.3 is 24.3 Å². The number of benzene rings is 1. The highest BCUT2D eigenvalue weighted by Crippen LogP contribution is 2.09. The lowest BCUT2D eigenvalue weighted by Crippen LogP contribution is -2.51. The highest BCUT2D eigenvalue weighted by molar-refractivity contribution is 5.92. The number of aromatic amines is 1. The summed E-state index contributed by atoms with van der Waals surface area (Å²) in [6, 6.07) is 7.97. The first-order valence-corrected chi connectivity index (χ1v) is 8.98. The van der Waals surface area contributed by atoms with Gasteiger partial charge in [0.05, 0.1) is 6.61 Å². The third-order valence-electron chi connectivity index (χ3n) is 4.44. The van der Waals surface area contributed by atoms with Gasteiger partial charge in [0, 0.05) is 43.1 Å². The van der Waals surface area contributed by atoms with Crippen LogP contribution < -0.4 is 5.43 Å². The normalized spacial score (nSPS) is 14.0. The van der Waals surface area contributed by atoms with E-state index in [0.717, 1.165) is 6.07 Å². The van der Waals surface area contributed by atoms with Crippen molar-refractivity contribution in [1.82, 2.24) is 14.8 Å². The number of rotatable bonds is 4. The summed E-state index contributed by atoms with van der Waals surface area (Å²) in [5.41, 5.74) is 0.203. The number of H-pyrrole nitrogens is 1. The van der Waals surface area contributed by atoms with E-state index in [1.54, 1.807) is 31.2 Å². The van der Waals surface area contributed by atoms with Gasteiger partial charge in [0.1, 0.15) is 5.69 Å². The standard InChI is InChI=1S/C19H21N3O6/c1-2-27-19(26)22-9-7-21(8-10-22)17(24)12-28-18(25)15-11-16(23)13-5-3-4-6-14(13)20-15/h3-6,11H,2,7-10,12H2,1H3,(H,20,23). The first-order valence-electron chi connectivity index (χ1n) is 8.98. The van der Waals surface area contributed by atoms with Crippen LogP contribution >= 0.6 is 0 Å². The summed E-state index contributed by atoms with van der Waals surface area (Å²) in [6.07, 6.45) is -0.402. The Kier molecular flexibility index (Phi) is 5.93. The molecule has 0 bridgehead atoms. The Morgan fingerprint density at radius 1 is 1.04 bits per heavy atom. The van der Waals surface area contributed by atoms with Crippen LogP contribution in [0.3, 0.4) is 0 Å². The average molecular weight is 387 g/mol. The molecule has 1 saturated heterocycles. The van der Waals surface area contributed by atoms with Crippen LogP contribution in [-0.2, 0) is 14.3 Å². The molecule has 1 N–H and O–H groups in total. The first kappa shape index (κ1) is 19.4. The van der Waals surface area contributed by atoms with E-state index >= 15 is 0 Å². The van der Waals surface area contributed by atoms with Gasteiger partial charge in [-0.3, -0.25) is 9.59 Å². The van der Waals surface area contributed by atoms with Crippen LogP contribution in [0.15, 0.2) is 35.1 Å². The van der Waals surface area contributed by atoms with E-state index in [9.17, 15) is 19.2 Å². The van der Waals surface area contributed by atoms with Crippen LogP contribution in [0.2, 0.25) is 0 Å². The maximum absolute atomic E-state index is 12.3. The molecule has 0 saturated carbocycles. The van der Waals surface area contributed by atoms with E-state index < -0.39 is 18.7 Å². The molecular formula is C19H21N3O6. The Balaban J connectivity index is 1.54. The van der Waals surface area contributed by atoms with E-state index in [2.05, 4.69) is 4.98 Å². The lowest BCUT2D eigenvalue weighted by Gasteiger charge is -2.33. The molecule has 0 unspecified atom stereocenters. The van der Waals surface area contributed by atoms with E-state index in [1.165, 1.54) is 9.80 Å². The predicted octanol–water partition coefficient (Wildman–Crippen LogP) is 0.986. The molecule has 0 aliphatic carbocycles. The van der Waals surface area contributed by atoms with Gasteiger partial charge in [-0.25, -0.2) is 9.59 Å². The number of para-hydroxylation sites is 1.